The van der Waals surface area contributed by atoms with E-state index in [1.165, 1.54) is 83.0 Å². The predicted octanol–water partition coefficient (Wildman–Crippen LogP) is 12.8. The van der Waals surface area contributed by atoms with Gasteiger partial charge in [-0.25, -0.2) is 0 Å². The molecule has 1 aliphatic carbocycles. The highest BCUT2D eigenvalue weighted by Crippen LogP contribution is 2.56. The fraction of sp³-hybridized carbons (Fsp3) is 0.0400. The first-order valence-electron chi connectivity index (χ1n) is 17.8. The molecule has 1 heterocycles. The van der Waals surface area contributed by atoms with Crippen LogP contribution < -0.4 is 0 Å². The number of rotatable bonds is 5. The van der Waals surface area contributed by atoms with Crippen LogP contribution >= 0.6 is 0 Å². The molecule has 0 amide bonds. The van der Waals surface area contributed by atoms with Crippen LogP contribution in [0.2, 0.25) is 0 Å². The fourth-order valence-corrected chi connectivity index (χ4v) is 8.70. The Labute approximate surface area is 298 Å². The Morgan fingerprint density at radius 1 is 0.373 bits per heavy atom. The third kappa shape index (κ3) is 4.48. The molecule has 0 unspecified atom stereocenters. The third-order valence-electron chi connectivity index (χ3n) is 10.9. The summed E-state index contributed by atoms with van der Waals surface area (Å²) in [6, 6.07) is 71.7. The lowest BCUT2D eigenvalue weighted by Gasteiger charge is -2.34. The molecule has 1 aliphatic rings. The zero-order valence-electron chi connectivity index (χ0n) is 28.4. The quantitative estimate of drug-likeness (QED) is 0.175. The number of aryl methyl sites for hydroxylation is 1. The zero-order chi connectivity index (χ0) is 33.9. The number of para-hydroxylation sites is 1. The van der Waals surface area contributed by atoms with Gasteiger partial charge in [-0.05, 0) is 92.9 Å². The molecule has 0 atom stereocenters. The molecule has 0 fully saturated rings. The molecule has 0 bridgehead atoms. The van der Waals surface area contributed by atoms with Crippen molar-refractivity contribution in [1.82, 2.24) is 4.57 Å². The number of benzene rings is 8. The Morgan fingerprint density at radius 3 is 1.71 bits per heavy atom. The van der Waals surface area contributed by atoms with E-state index in [1.54, 1.807) is 0 Å². The van der Waals surface area contributed by atoms with Crippen molar-refractivity contribution in [2.75, 3.05) is 0 Å². The summed E-state index contributed by atoms with van der Waals surface area (Å²) in [5.74, 6) is 0. The largest absolute Gasteiger partial charge is 0.309 e. The van der Waals surface area contributed by atoms with Crippen molar-refractivity contribution >= 4 is 21.8 Å². The molecular formula is C50H35N. The first-order chi connectivity index (χ1) is 25.2. The summed E-state index contributed by atoms with van der Waals surface area (Å²) in [4.78, 5) is 0. The molecule has 1 aromatic heterocycles. The summed E-state index contributed by atoms with van der Waals surface area (Å²) < 4.78 is 2.47. The van der Waals surface area contributed by atoms with Crippen molar-refractivity contribution in [2.45, 2.75) is 12.3 Å². The second-order valence-electron chi connectivity index (χ2n) is 13.8. The van der Waals surface area contributed by atoms with Crippen molar-refractivity contribution < 1.29 is 0 Å². The van der Waals surface area contributed by atoms with Crippen LogP contribution in [-0.4, -0.2) is 4.57 Å². The van der Waals surface area contributed by atoms with Gasteiger partial charge in [-0.15, -0.1) is 0 Å². The van der Waals surface area contributed by atoms with Crippen LogP contribution in [0.5, 0.6) is 0 Å². The fourth-order valence-electron chi connectivity index (χ4n) is 8.70. The second-order valence-corrected chi connectivity index (χ2v) is 13.8. The molecule has 0 saturated heterocycles. The standard InChI is InChI=1S/C50H35N/c1-34-14-12-15-35(30-34)36-16-13-17-37(31-36)38-26-28-45-44-23-9-11-25-48(44)51(49(45)32-38)41-27-29-43-42-22-8-10-24-46(42)50(47(43)33-41,39-18-4-2-5-19-39)40-20-6-3-7-21-40/h2-33H,1H3. The monoisotopic (exact) mass is 649 g/mol. The van der Waals surface area contributed by atoms with Gasteiger partial charge in [0.1, 0.15) is 0 Å². The zero-order valence-corrected chi connectivity index (χ0v) is 28.4. The van der Waals surface area contributed by atoms with E-state index in [-0.39, 0.29) is 0 Å². The van der Waals surface area contributed by atoms with Crippen LogP contribution in [0.15, 0.2) is 194 Å². The van der Waals surface area contributed by atoms with E-state index >= 15 is 0 Å². The van der Waals surface area contributed by atoms with Gasteiger partial charge in [-0.2, -0.15) is 0 Å². The highest BCUT2D eigenvalue weighted by atomic mass is 15.0. The van der Waals surface area contributed by atoms with Crippen molar-refractivity contribution in [3.63, 3.8) is 0 Å². The molecule has 1 heteroatoms. The Kier molecular flexibility index (Phi) is 6.69. The van der Waals surface area contributed by atoms with Gasteiger partial charge < -0.3 is 4.57 Å². The van der Waals surface area contributed by atoms with E-state index in [4.69, 9.17) is 0 Å². The number of hydrogen-bond donors (Lipinski definition) is 0. The van der Waals surface area contributed by atoms with Crippen LogP contribution in [0.3, 0.4) is 0 Å². The van der Waals surface area contributed by atoms with Gasteiger partial charge in [0, 0.05) is 16.5 Å². The highest BCUT2D eigenvalue weighted by molar-refractivity contribution is 6.10. The first-order valence-corrected chi connectivity index (χ1v) is 17.8. The van der Waals surface area contributed by atoms with Crippen LogP contribution in [-0.2, 0) is 5.41 Å². The predicted molar refractivity (Wildman–Crippen MR) is 214 cm³/mol. The number of hydrogen-bond acceptors (Lipinski definition) is 0. The Balaban J connectivity index is 1.22. The van der Waals surface area contributed by atoms with Crippen molar-refractivity contribution in [3.8, 4) is 39.1 Å². The van der Waals surface area contributed by atoms with Gasteiger partial charge in [0.15, 0.2) is 0 Å². The molecule has 0 saturated carbocycles. The average molecular weight is 650 g/mol. The lowest BCUT2D eigenvalue weighted by molar-refractivity contribution is 0.767. The summed E-state index contributed by atoms with van der Waals surface area (Å²) in [5.41, 5.74) is 17.1. The molecule has 0 aliphatic heterocycles. The minimum Gasteiger partial charge on any atom is -0.309 e. The van der Waals surface area contributed by atoms with E-state index in [9.17, 15) is 0 Å². The van der Waals surface area contributed by atoms with Crippen LogP contribution in [0, 0.1) is 6.92 Å². The van der Waals surface area contributed by atoms with Gasteiger partial charge in [0.25, 0.3) is 0 Å². The van der Waals surface area contributed by atoms with Gasteiger partial charge in [-0.1, -0.05) is 169 Å². The van der Waals surface area contributed by atoms with Gasteiger partial charge >= 0.3 is 0 Å². The lowest BCUT2D eigenvalue weighted by Crippen LogP contribution is -2.28. The third-order valence-corrected chi connectivity index (χ3v) is 10.9. The first kappa shape index (κ1) is 29.5. The molecular weight excluding hydrogens is 615 g/mol. The van der Waals surface area contributed by atoms with Crippen LogP contribution in [0.25, 0.3) is 60.9 Å². The van der Waals surface area contributed by atoms with Crippen LogP contribution in [0.4, 0.5) is 0 Å². The Morgan fingerprint density at radius 2 is 0.961 bits per heavy atom. The van der Waals surface area contributed by atoms with Gasteiger partial charge in [0.05, 0.1) is 16.4 Å². The Bertz CT molecular complexity index is 2710. The number of aromatic nitrogens is 1. The Hall–Kier alpha value is -6.44. The maximum atomic E-state index is 2.47. The molecule has 0 spiro atoms. The molecule has 51 heavy (non-hydrogen) atoms. The topological polar surface area (TPSA) is 4.93 Å². The van der Waals surface area contributed by atoms with E-state index < -0.39 is 5.41 Å². The molecule has 240 valence electrons. The van der Waals surface area contributed by atoms with E-state index in [0.29, 0.717) is 0 Å². The normalized spacial score (nSPS) is 13.0. The molecule has 0 N–H and O–H groups in total. The van der Waals surface area contributed by atoms with Gasteiger partial charge in [-0.3, -0.25) is 0 Å². The maximum Gasteiger partial charge on any atom is 0.0714 e. The summed E-state index contributed by atoms with van der Waals surface area (Å²) in [6.07, 6.45) is 0. The van der Waals surface area contributed by atoms with Crippen molar-refractivity contribution in [3.05, 3.63) is 222 Å². The maximum absolute atomic E-state index is 2.47. The van der Waals surface area contributed by atoms with Crippen LogP contribution in [0.1, 0.15) is 27.8 Å². The average Bonchev–Trinajstić information content (AvgIpc) is 3.69. The summed E-state index contributed by atoms with van der Waals surface area (Å²) in [7, 11) is 0. The summed E-state index contributed by atoms with van der Waals surface area (Å²) in [5, 5.41) is 2.51. The minimum absolute atomic E-state index is 0.454. The summed E-state index contributed by atoms with van der Waals surface area (Å²) >= 11 is 0. The van der Waals surface area contributed by atoms with E-state index in [1.807, 2.05) is 0 Å². The molecule has 10 rings (SSSR count). The number of fused-ring (bicyclic) bond motifs is 6. The second kappa shape index (κ2) is 11.6. The molecule has 8 aromatic carbocycles. The molecule has 9 aromatic rings. The summed E-state index contributed by atoms with van der Waals surface area (Å²) in [6.45, 7) is 2.15. The highest BCUT2D eigenvalue weighted by Gasteiger charge is 2.46. The number of nitrogens with zero attached hydrogens (tertiary/aromatic N) is 1. The lowest BCUT2D eigenvalue weighted by atomic mass is 9.67. The smallest absolute Gasteiger partial charge is 0.0714 e. The minimum atomic E-state index is -0.454. The van der Waals surface area contributed by atoms with E-state index in [2.05, 4.69) is 206 Å². The van der Waals surface area contributed by atoms with E-state index in [0.717, 1.165) is 5.69 Å². The van der Waals surface area contributed by atoms with Gasteiger partial charge in [0.2, 0.25) is 0 Å². The molecule has 0 radical (unpaired) electrons. The van der Waals surface area contributed by atoms with Crippen molar-refractivity contribution in [2.24, 2.45) is 0 Å². The molecule has 1 nitrogen and oxygen atoms in total. The van der Waals surface area contributed by atoms with Crippen molar-refractivity contribution in [1.29, 1.82) is 0 Å². The SMILES string of the molecule is Cc1cccc(-c2cccc(-c3ccc4c5ccccc5n(-c5ccc6c(c5)C(c5ccccc5)(c5ccccc5)c5ccccc5-6)c4c3)c2)c1.